The first-order chi connectivity index (χ1) is 14.8. The first-order valence-corrected chi connectivity index (χ1v) is 12.2. The largest absolute Gasteiger partial charge is 0.500 e. The van der Waals surface area contributed by atoms with Gasteiger partial charge in [0.1, 0.15) is 11.5 Å². The highest BCUT2D eigenvalue weighted by Gasteiger charge is 2.28. The van der Waals surface area contributed by atoms with Gasteiger partial charge in [0.05, 0.1) is 37.2 Å². The fourth-order valence-electron chi connectivity index (χ4n) is 4.27. The van der Waals surface area contributed by atoms with Gasteiger partial charge < -0.3 is 19.5 Å². The Hall–Kier alpha value is -1.69. The maximum absolute atomic E-state index is 6.07. The van der Waals surface area contributed by atoms with E-state index in [9.17, 15) is 0 Å². The second kappa shape index (κ2) is 11.1. The summed E-state index contributed by atoms with van der Waals surface area (Å²) in [5.41, 5.74) is 2.83. The zero-order valence-corrected chi connectivity index (χ0v) is 18.7. The number of benzene rings is 1. The lowest BCUT2D eigenvalue weighted by atomic mass is 9.90. The molecule has 5 heteroatoms. The molecule has 0 aromatic heterocycles. The van der Waals surface area contributed by atoms with Gasteiger partial charge in [0.15, 0.2) is 0 Å². The summed E-state index contributed by atoms with van der Waals surface area (Å²) in [5.74, 6) is 3.51. The van der Waals surface area contributed by atoms with Crippen LogP contribution in [0.15, 0.2) is 58.7 Å². The van der Waals surface area contributed by atoms with Crippen LogP contribution in [0.25, 0.3) is 0 Å². The van der Waals surface area contributed by atoms with Gasteiger partial charge in [-0.1, -0.05) is 30.4 Å². The van der Waals surface area contributed by atoms with Crippen molar-refractivity contribution in [3.63, 3.8) is 0 Å². The van der Waals surface area contributed by atoms with Crippen molar-refractivity contribution in [2.75, 3.05) is 39.2 Å². The van der Waals surface area contributed by atoms with Gasteiger partial charge >= 0.3 is 0 Å². The average molecular weight is 428 g/mol. The Morgan fingerprint density at radius 1 is 1.23 bits per heavy atom. The second-order valence-corrected chi connectivity index (χ2v) is 9.14. The molecular weight excluding hydrogens is 394 g/mol. The zero-order chi connectivity index (χ0) is 20.6. The molecule has 2 unspecified atom stereocenters. The summed E-state index contributed by atoms with van der Waals surface area (Å²) in [6.45, 7) is 3.51. The maximum atomic E-state index is 6.07. The number of nitrogens with one attached hydrogen (secondary N) is 1. The van der Waals surface area contributed by atoms with Crippen molar-refractivity contribution >= 4 is 11.8 Å². The van der Waals surface area contributed by atoms with Crippen molar-refractivity contribution in [2.45, 2.75) is 43.1 Å². The van der Waals surface area contributed by atoms with Crippen LogP contribution in [0.1, 0.15) is 31.2 Å². The van der Waals surface area contributed by atoms with Crippen molar-refractivity contribution in [3.05, 3.63) is 59.4 Å². The molecule has 3 aliphatic rings. The normalized spacial score (nSPS) is 22.6. The number of aryl methyl sites for hydroxylation is 1. The summed E-state index contributed by atoms with van der Waals surface area (Å²) in [6.07, 6.45) is 14.3. The van der Waals surface area contributed by atoms with E-state index in [1.54, 1.807) is 7.11 Å². The Morgan fingerprint density at radius 2 is 2.17 bits per heavy atom. The van der Waals surface area contributed by atoms with Crippen molar-refractivity contribution in [1.82, 2.24) is 5.32 Å². The number of thioether (sulfide) groups is 1. The van der Waals surface area contributed by atoms with E-state index < -0.39 is 0 Å². The highest BCUT2D eigenvalue weighted by molar-refractivity contribution is 7.99. The Balaban J connectivity index is 1.11. The summed E-state index contributed by atoms with van der Waals surface area (Å²) in [7, 11) is 1.74. The Labute approximate surface area is 184 Å². The first-order valence-electron chi connectivity index (χ1n) is 11.2. The summed E-state index contributed by atoms with van der Waals surface area (Å²) < 4.78 is 17.6. The van der Waals surface area contributed by atoms with Crippen LogP contribution in [-0.4, -0.2) is 45.3 Å². The fourth-order valence-corrected chi connectivity index (χ4v) is 5.39. The van der Waals surface area contributed by atoms with Gasteiger partial charge in [-0.2, -0.15) is 0 Å². The van der Waals surface area contributed by atoms with Gasteiger partial charge in [-0.25, -0.2) is 0 Å². The lowest BCUT2D eigenvalue weighted by Crippen LogP contribution is -2.30. The van der Waals surface area contributed by atoms with Crippen molar-refractivity contribution in [2.24, 2.45) is 5.92 Å². The molecule has 2 aliphatic heterocycles. The van der Waals surface area contributed by atoms with Gasteiger partial charge in [0, 0.05) is 0 Å². The van der Waals surface area contributed by atoms with E-state index in [0.717, 1.165) is 57.1 Å². The molecule has 30 heavy (non-hydrogen) atoms. The molecule has 0 radical (unpaired) electrons. The molecule has 0 saturated carbocycles. The SMILES string of the molecule is COC1=CC=CC2OCC(CCCNCCCOc3cccc4c3SCCC4)=CC12. The van der Waals surface area contributed by atoms with Crippen molar-refractivity contribution in [3.8, 4) is 5.75 Å². The van der Waals surface area contributed by atoms with Gasteiger partial charge in [-0.15, -0.1) is 11.8 Å². The quantitative estimate of drug-likeness (QED) is 0.425. The Morgan fingerprint density at radius 3 is 3.10 bits per heavy atom. The molecule has 162 valence electrons. The third kappa shape index (κ3) is 5.51. The molecule has 2 heterocycles. The van der Waals surface area contributed by atoms with Gasteiger partial charge in [0.2, 0.25) is 0 Å². The maximum Gasteiger partial charge on any atom is 0.133 e. The van der Waals surface area contributed by atoms with Crippen LogP contribution in [0.5, 0.6) is 5.75 Å². The summed E-state index contributed by atoms with van der Waals surface area (Å²) in [4.78, 5) is 1.36. The molecular formula is C25H33NO3S. The van der Waals surface area contributed by atoms with Crippen LogP contribution in [0.3, 0.4) is 0 Å². The third-order valence-corrected chi connectivity index (χ3v) is 7.10. The summed E-state index contributed by atoms with van der Waals surface area (Å²) >= 11 is 1.94. The minimum absolute atomic E-state index is 0.125. The van der Waals surface area contributed by atoms with Crippen LogP contribution in [0.2, 0.25) is 0 Å². The number of hydrogen-bond acceptors (Lipinski definition) is 5. The first kappa shape index (κ1) is 21.5. The van der Waals surface area contributed by atoms with E-state index in [4.69, 9.17) is 14.2 Å². The predicted molar refractivity (Wildman–Crippen MR) is 123 cm³/mol. The van der Waals surface area contributed by atoms with Gasteiger partial charge in [0.25, 0.3) is 0 Å². The predicted octanol–water partition coefficient (Wildman–Crippen LogP) is 4.91. The van der Waals surface area contributed by atoms with E-state index in [1.807, 2.05) is 23.9 Å². The van der Waals surface area contributed by atoms with E-state index in [-0.39, 0.29) is 12.0 Å². The molecule has 0 amide bonds. The molecule has 1 aromatic rings. The van der Waals surface area contributed by atoms with E-state index in [0.29, 0.717) is 0 Å². The molecule has 0 saturated heterocycles. The fraction of sp³-hybridized carbons (Fsp3) is 0.520. The molecule has 1 N–H and O–H groups in total. The molecule has 1 aliphatic carbocycles. The third-order valence-electron chi connectivity index (χ3n) is 5.86. The monoisotopic (exact) mass is 427 g/mol. The summed E-state index contributed by atoms with van der Waals surface area (Å²) in [5, 5.41) is 3.55. The molecule has 2 atom stereocenters. The highest BCUT2D eigenvalue weighted by atomic mass is 32.2. The molecule has 1 aromatic carbocycles. The smallest absolute Gasteiger partial charge is 0.133 e. The number of methoxy groups -OCH3 is 1. The van der Waals surface area contributed by atoms with Crippen LogP contribution in [0.4, 0.5) is 0 Å². The average Bonchev–Trinajstić information content (AvgIpc) is 2.80. The Kier molecular flexibility index (Phi) is 7.95. The summed E-state index contributed by atoms with van der Waals surface area (Å²) in [6, 6.07) is 6.47. The molecule has 0 spiro atoms. The van der Waals surface area contributed by atoms with Crippen molar-refractivity contribution in [1.29, 1.82) is 0 Å². The molecule has 0 fully saturated rings. The van der Waals surface area contributed by atoms with Crippen LogP contribution in [-0.2, 0) is 15.9 Å². The van der Waals surface area contributed by atoms with Crippen LogP contribution >= 0.6 is 11.8 Å². The molecule has 4 rings (SSSR count). The highest BCUT2D eigenvalue weighted by Crippen LogP contribution is 2.37. The Bertz CT molecular complexity index is 802. The number of fused-ring (bicyclic) bond motifs is 2. The number of hydrogen-bond donors (Lipinski definition) is 1. The lowest BCUT2D eigenvalue weighted by molar-refractivity contribution is 0.0507. The minimum atomic E-state index is 0.125. The van der Waals surface area contributed by atoms with Crippen molar-refractivity contribution < 1.29 is 14.2 Å². The topological polar surface area (TPSA) is 39.7 Å². The standard InChI is InChI=1S/C25H33NO3S/c1-27-22-10-3-11-23-21(22)17-19(18-29-23)7-4-13-26-14-6-15-28-24-12-2-8-20-9-5-16-30-25(20)24/h2-3,8,10-12,17,21,23,26H,4-7,9,13-16,18H2,1H3. The zero-order valence-electron chi connectivity index (χ0n) is 17.9. The lowest BCUT2D eigenvalue weighted by Gasteiger charge is -2.31. The number of rotatable bonds is 10. The van der Waals surface area contributed by atoms with Gasteiger partial charge in [-0.3, -0.25) is 0 Å². The van der Waals surface area contributed by atoms with E-state index in [2.05, 4.69) is 35.7 Å². The second-order valence-electron chi connectivity index (χ2n) is 8.04. The number of allylic oxidation sites excluding steroid dienone is 2. The number of ether oxygens (including phenoxy) is 3. The molecule has 0 bridgehead atoms. The van der Waals surface area contributed by atoms with E-state index >= 15 is 0 Å². The van der Waals surface area contributed by atoms with Crippen LogP contribution in [0, 0.1) is 5.92 Å². The van der Waals surface area contributed by atoms with E-state index in [1.165, 1.54) is 34.6 Å². The molecule has 4 nitrogen and oxygen atoms in total. The van der Waals surface area contributed by atoms with Crippen LogP contribution < -0.4 is 10.1 Å². The minimum Gasteiger partial charge on any atom is -0.500 e. The van der Waals surface area contributed by atoms with Gasteiger partial charge in [-0.05, 0) is 74.2 Å².